The number of rotatable bonds is 3. The van der Waals surface area contributed by atoms with E-state index >= 15 is 0 Å². The molecule has 22 heavy (non-hydrogen) atoms. The third-order valence-corrected chi connectivity index (χ3v) is 3.95. The van der Waals surface area contributed by atoms with Gasteiger partial charge in [-0.3, -0.25) is 9.89 Å². The molecule has 1 amide bonds. The normalized spacial score (nSPS) is 11.1. The average Bonchev–Trinajstić information content (AvgIpc) is 2.95. The first kappa shape index (κ1) is 14.5. The summed E-state index contributed by atoms with van der Waals surface area (Å²) in [7, 11) is 0. The molecule has 2 aromatic carbocycles. The van der Waals surface area contributed by atoms with Crippen molar-refractivity contribution in [2.45, 2.75) is 0 Å². The van der Waals surface area contributed by atoms with E-state index in [0.717, 1.165) is 10.8 Å². The molecule has 0 saturated heterocycles. The maximum Gasteiger partial charge on any atom is 0.290 e. The zero-order valence-corrected chi connectivity index (χ0v) is 13.4. The molecule has 3 rings (SSSR count). The first-order chi connectivity index (χ1) is 10.7. The number of phenols is 1. The Kier molecular flexibility index (Phi) is 4.05. The van der Waals surface area contributed by atoms with Crippen LogP contribution < -0.4 is 5.43 Å². The van der Waals surface area contributed by atoms with Crippen LogP contribution in [0, 0.1) is 3.57 Å². The van der Waals surface area contributed by atoms with Crippen LogP contribution in [0.25, 0.3) is 10.8 Å². The maximum atomic E-state index is 11.9. The second-order valence-corrected chi connectivity index (χ2v) is 5.67. The second-order valence-electron chi connectivity index (χ2n) is 4.51. The lowest BCUT2D eigenvalue weighted by Gasteiger charge is -2.04. The molecule has 0 atom stereocenters. The molecule has 3 N–H and O–H groups in total. The predicted molar refractivity (Wildman–Crippen MR) is 92.0 cm³/mol. The van der Waals surface area contributed by atoms with E-state index in [4.69, 9.17) is 0 Å². The topological polar surface area (TPSA) is 90.4 Å². The van der Waals surface area contributed by atoms with Crippen LogP contribution in [0.15, 0.2) is 47.7 Å². The Balaban J connectivity index is 1.86. The lowest BCUT2D eigenvalue weighted by Crippen LogP contribution is -2.19. The summed E-state index contributed by atoms with van der Waals surface area (Å²) in [5.41, 5.74) is 3.31. The molecule has 0 unspecified atom stereocenters. The molecule has 0 aliphatic carbocycles. The smallest absolute Gasteiger partial charge is 0.290 e. The van der Waals surface area contributed by atoms with Gasteiger partial charge in [0.25, 0.3) is 5.91 Å². The molecule has 7 heteroatoms. The molecule has 0 radical (unpaired) electrons. The van der Waals surface area contributed by atoms with Gasteiger partial charge in [-0.15, -0.1) is 0 Å². The van der Waals surface area contributed by atoms with Crippen LogP contribution in [-0.4, -0.2) is 27.4 Å². The van der Waals surface area contributed by atoms with Gasteiger partial charge >= 0.3 is 0 Å². The Morgan fingerprint density at radius 3 is 2.91 bits per heavy atom. The minimum Gasteiger partial charge on any atom is -0.507 e. The van der Waals surface area contributed by atoms with Gasteiger partial charge in [-0.2, -0.15) is 10.2 Å². The monoisotopic (exact) mass is 406 g/mol. The minimum absolute atomic E-state index is 0.104. The number of carbonyl (C=O) groups excluding carboxylic acids is 1. The highest BCUT2D eigenvalue weighted by molar-refractivity contribution is 14.1. The Hall–Kier alpha value is -2.42. The van der Waals surface area contributed by atoms with Crippen molar-refractivity contribution in [3.05, 3.63) is 57.4 Å². The Bertz CT molecular complexity index is 873. The van der Waals surface area contributed by atoms with Gasteiger partial charge in [-0.05, 0) is 39.4 Å². The van der Waals surface area contributed by atoms with E-state index in [1.54, 1.807) is 12.3 Å². The summed E-state index contributed by atoms with van der Waals surface area (Å²) in [6, 6.07) is 11.1. The Morgan fingerprint density at radius 1 is 1.32 bits per heavy atom. The molecule has 0 bridgehead atoms. The number of aromatic hydroxyl groups is 1. The van der Waals surface area contributed by atoms with Gasteiger partial charge < -0.3 is 5.11 Å². The lowest BCUT2D eigenvalue weighted by atomic mass is 10.0. The number of hydrogen-bond donors (Lipinski definition) is 3. The van der Waals surface area contributed by atoms with Crippen molar-refractivity contribution in [2.24, 2.45) is 5.10 Å². The van der Waals surface area contributed by atoms with Gasteiger partial charge in [0.2, 0.25) is 0 Å². The van der Waals surface area contributed by atoms with Crippen molar-refractivity contribution < 1.29 is 9.90 Å². The van der Waals surface area contributed by atoms with Crippen molar-refractivity contribution in [2.75, 3.05) is 0 Å². The molecule has 0 aliphatic heterocycles. The average molecular weight is 406 g/mol. The van der Waals surface area contributed by atoms with Crippen LogP contribution in [0.3, 0.4) is 0 Å². The molecular formula is C15H11IN4O2. The number of aromatic nitrogens is 2. The Morgan fingerprint density at radius 2 is 2.14 bits per heavy atom. The predicted octanol–water partition coefficient (Wildman–Crippen LogP) is 2.64. The molecular weight excluding hydrogens is 395 g/mol. The molecule has 0 spiro atoms. The number of phenolic OH excluding ortho intramolecular Hbond substituents is 1. The number of amides is 1. The van der Waals surface area contributed by atoms with Gasteiger partial charge in [0.05, 0.1) is 16.0 Å². The van der Waals surface area contributed by atoms with Gasteiger partial charge in [0.1, 0.15) is 11.4 Å². The van der Waals surface area contributed by atoms with Gasteiger partial charge in [-0.25, -0.2) is 5.43 Å². The van der Waals surface area contributed by atoms with E-state index in [0.29, 0.717) is 14.8 Å². The molecule has 3 aromatic rings. The summed E-state index contributed by atoms with van der Waals surface area (Å²) in [4.78, 5) is 11.9. The number of nitrogens with one attached hydrogen (secondary N) is 2. The van der Waals surface area contributed by atoms with E-state index in [9.17, 15) is 9.90 Å². The third kappa shape index (κ3) is 2.80. The van der Waals surface area contributed by atoms with E-state index in [1.165, 1.54) is 6.21 Å². The highest BCUT2D eigenvalue weighted by atomic mass is 127. The number of hydrazone groups is 1. The van der Waals surface area contributed by atoms with Crippen molar-refractivity contribution >= 4 is 45.5 Å². The van der Waals surface area contributed by atoms with Crippen LogP contribution in [0.2, 0.25) is 0 Å². The molecule has 1 aromatic heterocycles. The van der Waals surface area contributed by atoms with E-state index in [2.05, 4.69) is 20.7 Å². The van der Waals surface area contributed by atoms with Gasteiger partial charge in [-0.1, -0.05) is 30.3 Å². The van der Waals surface area contributed by atoms with Gasteiger partial charge in [0, 0.05) is 5.56 Å². The number of hydrogen-bond acceptors (Lipinski definition) is 4. The highest BCUT2D eigenvalue weighted by Gasteiger charge is 2.11. The summed E-state index contributed by atoms with van der Waals surface area (Å²) in [6.45, 7) is 0. The number of benzene rings is 2. The summed E-state index contributed by atoms with van der Waals surface area (Å²) in [5.74, 6) is -0.286. The minimum atomic E-state index is -0.391. The fourth-order valence-corrected chi connectivity index (χ4v) is 2.57. The van der Waals surface area contributed by atoms with Crippen LogP contribution in [0.4, 0.5) is 0 Å². The van der Waals surface area contributed by atoms with Crippen molar-refractivity contribution in [1.82, 2.24) is 15.6 Å². The molecule has 6 nitrogen and oxygen atoms in total. The van der Waals surface area contributed by atoms with Crippen LogP contribution in [0.5, 0.6) is 5.75 Å². The maximum absolute atomic E-state index is 11.9. The third-order valence-electron chi connectivity index (χ3n) is 3.13. The molecule has 0 saturated carbocycles. The number of halogens is 1. The first-order valence-electron chi connectivity index (χ1n) is 6.40. The van der Waals surface area contributed by atoms with Crippen LogP contribution >= 0.6 is 22.6 Å². The van der Waals surface area contributed by atoms with E-state index < -0.39 is 5.91 Å². The van der Waals surface area contributed by atoms with Crippen molar-refractivity contribution in [3.63, 3.8) is 0 Å². The van der Waals surface area contributed by atoms with E-state index in [-0.39, 0.29) is 5.75 Å². The number of H-pyrrole nitrogens is 1. The fraction of sp³-hybridized carbons (Fsp3) is 0. The number of fused-ring (bicyclic) bond motifs is 1. The number of nitrogens with zero attached hydrogens (tertiary/aromatic N) is 2. The zero-order valence-electron chi connectivity index (χ0n) is 11.2. The fourth-order valence-electron chi connectivity index (χ4n) is 2.06. The van der Waals surface area contributed by atoms with Crippen LogP contribution in [-0.2, 0) is 0 Å². The largest absolute Gasteiger partial charge is 0.507 e. The highest BCUT2D eigenvalue weighted by Crippen LogP contribution is 2.25. The summed E-state index contributed by atoms with van der Waals surface area (Å²) in [6.07, 6.45) is 2.98. The molecule has 0 fully saturated rings. The van der Waals surface area contributed by atoms with Crippen LogP contribution in [0.1, 0.15) is 16.1 Å². The summed E-state index contributed by atoms with van der Waals surface area (Å²) >= 11 is 2.00. The van der Waals surface area contributed by atoms with Crippen molar-refractivity contribution in [3.8, 4) is 5.75 Å². The number of carbonyl (C=O) groups is 1. The summed E-state index contributed by atoms with van der Waals surface area (Å²) < 4.78 is 0.707. The molecule has 1 heterocycles. The Labute approximate surface area is 139 Å². The summed E-state index contributed by atoms with van der Waals surface area (Å²) in [5, 5.41) is 22.1. The van der Waals surface area contributed by atoms with Gasteiger partial charge in [0.15, 0.2) is 0 Å². The lowest BCUT2D eigenvalue weighted by molar-refractivity contribution is 0.0949. The SMILES string of the molecule is O=C(N/N=C\c1c(O)ccc2ccccc12)c1[nH]ncc1I. The van der Waals surface area contributed by atoms with Crippen molar-refractivity contribution in [1.29, 1.82) is 0 Å². The first-order valence-corrected chi connectivity index (χ1v) is 7.47. The number of aromatic amines is 1. The zero-order chi connectivity index (χ0) is 15.5. The molecule has 0 aliphatic rings. The molecule has 110 valence electrons. The standard InChI is InChI=1S/C15H11IN4O2/c16-12-8-18-19-14(12)15(22)20-17-7-11-10-4-2-1-3-9(10)5-6-13(11)21/h1-8,21H,(H,18,19)(H,20,22)/b17-7-. The second kappa shape index (κ2) is 6.14. The van der Waals surface area contributed by atoms with E-state index in [1.807, 2.05) is 52.9 Å². The quantitative estimate of drug-likeness (QED) is 0.355.